The van der Waals surface area contributed by atoms with Crippen LogP contribution in [-0.4, -0.2) is 55.8 Å². The van der Waals surface area contributed by atoms with Crippen LogP contribution in [0.1, 0.15) is 5.56 Å². The number of nitrogens with zero attached hydrogens (tertiary/aromatic N) is 2. The Kier molecular flexibility index (Phi) is 6.16. The second-order valence-electron chi connectivity index (χ2n) is 4.97. The largest absolute Gasteiger partial charge is 0.348 e. The quantitative estimate of drug-likeness (QED) is 0.887. The molecule has 0 atom stereocenters. The third-order valence-electron chi connectivity index (χ3n) is 2.78. The molecule has 1 rings (SSSR count). The number of rotatable bonds is 5. The Morgan fingerprint density at radius 1 is 1.20 bits per heavy atom. The lowest BCUT2D eigenvalue weighted by molar-refractivity contribution is -0.130. The number of nitrogens with one attached hydrogen (secondary N) is 1. The lowest BCUT2D eigenvalue weighted by atomic mass is 10.2. The van der Waals surface area contributed by atoms with Gasteiger partial charge in [-0.2, -0.15) is 0 Å². The maximum atomic E-state index is 11.9. The molecular weight excluding hydrogens is 322 g/mol. The Labute approximate surface area is 128 Å². The van der Waals surface area contributed by atoms with Crippen molar-refractivity contribution in [2.75, 3.05) is 39.5 Å². The van der Waals surface area contributed by atoms with Crippen LogP contribution in [0.15, 0.2) is 22.7 Å². The predicted molar refractivity (Wildman–Crippen MR) is 83.7 cm³/mol. The average Bonchev–Trinajstić information content (AvgIpc) is 2.32. The van der Waals surface area contributed by atoms with Crippen LogP contribution >= 0.6 is 15.9 Å². The number of benzene rings is 1. The fraction of sp³-hybridized carbons (Fsp3) is 0.429. The molecule has 1 aromatic rings. The van der Waals surface area contributed by atoms with Crippen molar-refractivity contribution in [2.45, 2.75) is 6.92 Å². The maximum absolute atomic E-state index is 11.9. The van der Waals surface area contributed by atoms with Crippen molar-refractivity contribution in [3.05, 3.63) is 28.2 Å². The van der Waals surface area contributed by atoms with Gasteiger partial charge in [-0.1, -0.05) is 15.9 Å². The molecule has 0 radical (unpaired) electrons. The number of hydrogen-bond acceptors (Lipinski definition) is 3. The van der Waals surface area contributed by atoms with Crippen LogP contribution in [0, 0.1) is 6.92 Å². The summed E-state index contributed by atoms with van der Waals surface area (Å²) in [6, 6.07) is 5.67. The second-order valence-corrected chi connectivity index (χ2v) is 5.88. The second kappa shape index (κ2) is 7.40. The third-order valence-corrected chi connectivity index (χ3v) is 3.27. The molecule has 0 aliphatic carbocycles. The van der Waals surface area contributed by atoms with Gasteiger partial charge in [0.25, 0.3) is 0 Å². The molecule has 0 aliphatic heterocycles. The summed E-state index contributed by atoms with van der Waals surface area (Å²) in [7, 11) is 5.14. The standard InChI is InChI=1S/C14H20BrN3O2/c1-10-7-11(15)5-6-12(10)16-13(19)8-18(4)9-14(20)17(2)3/h5-7H,8-9H2,1-4H3,(H,16,19). The Hall–Kier alpha value is -1.40. The van der Waals surface area contributed by atoms with E-state index in [1.807, 2.05) is 25.1 Å². The number of amides is 2. The normalized spacial score (nSPS) is 10.5. The lowest BCUT2D eigenvalue weighted by Crippen LogP contribution is -2.38. The molecule has 0 heterocycles. The van der Waals surface area contributed by atoms with E-state index >= 15 is 0 Å². The minimum absolute atomic E-state index is 0.0277. The monoisotopic (exact) mass is 341 g/mol. The molecule has 110 valence electrons. The molecule has 0 saturated carbocycles. The number of likely N-dealkylation sites (N-methyl/N-ethyl adjacent to an activating group) is 2. The van der Waals surface area contributed by atoms with Gasteiger partial charge < -0.3 is 10.2 Å². The Balaban J connectivity index is 2.53. The van der Waals surface area contributed by atoms with Gasteiger partial charge in [0.05, 0.1) is 13.1 Å². The highest BCUT2D eigenvalue weighted by Crippen LogP contribution is 2.19. The molecule has 0 saturated heterocycles. The van der Waals surface area contributed by atoms with Crippen LogP contribution in [0.25, 0.3) is 0 Å². The van der Waals surface area contributed by atoms with Gasteiger partial charge >= 0.3 is 0 Å². The first-order valence-electron chi connectivity index (χ1n) is 6.24. The summed E-state index contributed by atoms with van der Waals surface area (Å²) >= 11 is 3.38. The fourth-order valence-corrected chi connectivity index (χ4v) is 2.11. The molecule has 0 spiro atoms. The van der Waals surface area contributed by atoms with Gasteiger partial charge in [-0.15, -0.1) is 0 Å². The van der Waals surface area contributed by atoms with E-state index in [4.69, 9.17) is 0 Å². The van der Waals surface area contributed by atoms with E-state index in [1.54, 1.807) is 26.0 Å². The number of aryl methyl sites for hydroxylation is 1. The van der Waals surface area contributed by atoms with E-state index in [0.29, 0.717) is 0 Å². The van der Waals surface area contributed by atoms with Crippen LogP contribution in [0.4, 0.5) is 5.69 Å². The molecule has 6 heteroatoms. The van der Waals surface area contributed by atoms with Gasteiger partial charge in [0, 0.05) is 24.3 Å². The Morgan fingerprint density at radius 2 is 1.85 bits per heavy atom. The van der Waals surface area contributed by atoms with Gasteiger partial charge in [0.1, 0.15) is 0 Å². The molecule has 2 amide bonds. The summed E-state index contributed by atoms with van der Waals surface area (Å²) in [5.74, 6) is -0.162. The number of anilines is 1. The number of halogens is 1. The van der Waals surface area contributed by atoms with Crippen molar-refractivity contribution >= 4 is 33.4 Å². The van der Waals surface area contributed by atoms with E-state index in [-0.39, 0.29) is 24.9 Å². The number of hydrogen-bond donors (Lipinski definition) is 1. The minimum Gasteiger partial charge on any atom is -0.348 e. The fourth-order valence-electron chi connectivity index (χ4n) is 1.63. The Bertz CT molecular complexity index is 503. The van der Waals surface area contributed by atoms with Crippen LogP contribution < -0.4 is 5.32 Å². The Morgan fingerprint density at radius 3 is 2.40 bits per heavy atom. The summed E-state index contributed by atoms with van der Waals surface area (Å²) in [4.78, 5) is 26.6. The molecule has 0 fully saturated rings. The zero-order chi connectivity index (χ0) is 15.3. The van der Waals surface area contributed by atoms with E-state index in [1.165, 1.54) is 4.90 Å². The summed E-state index contributed by atoms with van der Waals surface area (Å²) in [5.41, 5.74) is 1.77. The first kappa shape index (κ1) is 16.7. The van der Waals surface area contributed by atoms with Gasteiger partial charge in [0.15, 0.2) is 0 Å². The highest BCUT2D eigenvalue weighted by Gasteiger charge is 2.12. The maximum Gasteiger partial charge on any atom is 0.238 e. The lowest BCUT2D eigenvalue weighted by Gasteiger charge is -2.18. The molecule has 1 N–H and O–H groups in total. The van der Waals surface area contributed by atoms with E-state index in [0.717, 1.165) is 15.7 Å². The topological polar surface area (TPSA) is 52.7 Å². The predicted octanol–water partition coefficient (Wildman–Crippen LogP) is 1.72. The summed E-state index contributed by atoms with van der Waals surface area (Å²) in [5, 5.41) is 2.84. The zero-order valence-electron chi connectivity index (χ0n) is 12.2. The van der Waals surface area contributed by atoms with Crippen LogP contribution in [0.2, 0.25) is 0 Å². The molecule has 0 aromatic heterocycles. The first-order valence-corrected chi connectivity index (χ1v) is 7.03. The smallest absolute Gasteiger partial charge is 0.238 e. The van der Waals surface area contributed by atoms with Crippen molar-refractivity contribution in [1.29, 1.82) is 0 Å². The highest BCUT2D eigenvalue weighted by atomic mass is 79.9. The highest BCUT2D eigenvalue weighted by molar-refractivity contribution is 9.10. The summed E-state index contributed by atoms with van der Waals surface area (Å²) in [6.45, 7) is 2.33. The number of carbonyl (C=O) groups is 2. The van der Waals surface area contributed by atoms with Crippen LogP contribution in [0.3, 0.4) is 0 Å². The van der Waals surface area contributed by atoms with Gasteiger partial charge in [-0.3, -0.25) is 14.5 Å². The molecule has 20 heavy (non-hydrogen) atoms. The average molecular weight is 342 g/mol. The van der Waals surface area contributed by atoms with Crippen LogP contribution in [0.5, 0.6) is 0 Å². The number of carbonyl (C=O) groups excluding carboxylic acids is 2. The third kappa shape index (κ3) is 5.30. The van der Waals surface area contributed by atoms with Crippen molar-refractivity contribution in [3.63, 3.8) is 0 Å². The first-order chi connectivity index (χ1) is 9.29. The molecular formula is C14H20BrN3O2. The van der Waals surface area contributed by atoms with Crippen molar-refractivity contribution < 1.29 is 9.59 Å². The molecule has 5 nitrogen and oxygen atoms in total. The summed E-state index contributed by atoms with van der Waals surface area (Å²) in [6.07, 6.45) is 0. The van der Waals surface area contributed by atoms with Crippen molar-refractivity contribution in [1.82, 2.24) is 9.80 Å². The van der Waals surface area contributed by atoms with Gasteiger partial charge in [-0.25, -0.2) is 0 Å². The SMILES string of the molecule is Cc1cc(Br)ccc1NC(=O)CN(C)CC(=O)N(C)C. The molecule has 0 bridgehead atoms. The van der Waals surface area contributed by atoms with Gasteiger partial charge in [0.2, 0.25) is 11.8 Å². The zero-order valence-corrected chi connectivity index (χ0v) is 13.8. The summed E-state index contributed by atoms with van der Waals surface area (Å²) < 4.78 is 0.974. The van der Waals surface area contributed by atoms with Gasteiger partial charge in [-0.05, 0) is 37.7 Å². The molecule has 0 unspecified atom stereocenters. The molecule has 0 aliphatic rings. The van der Waals surface area contributed by atoms with Crippen molar-refractivity contribution in [2.24, 2.45) is 0 Å². The van der Waals surface area contributed by atoms with E-state index < -0.39 is 0 Å². The van der Waals surface area contributed by atoms with E-state index in [2.05, 4.69) is 21.2 Å². The molecule has 1 aromatic carbocycles. The van der Waals surface area contributed by atoms with Crippen molar-refractivity contribution in [3.8, 4) is 0 Å². The van der Waals surface area contributed by atoms with Crippen LogP contribution in [-0.2, 0) is 9.59 Å². The minimum atomic E-state index is -0.135. The van der Waals surface area contributed by atoms with E-state index in [9.17, 15) is 9.59 Å².